The second-order valence-electron chi connectivity index (χ2n) is 4.61. The second-order valence-corrected chi connectivity index (χ2v) is 4.61. The van der Waals surface area contributed by atoms with Crippen molar-refractivity contribution in [2.24, 2.45) is 0 Å². The molecule has 2 heterocycles. The molecule has 0 aliphatic heterocycles. The fourth-order valence-corrected chi connectivity index (χ4v) is 1.97. The minimum atomic E-state index is -0.125. The number of rotatable bonds is 1. The van der Waals surface area contributed by atoms with E-state index in [0.717, 1.165) is 21.8 Å². The molecule has 0 spiro atoms. The van der Waals surface area contributed by atoms with Crippen LogP contribution in [-0.4, -0.2) is 20.9 Å². The van der Waals surface area contributed by atoms with Gasteiger partial charge in [0.25, 0.3) is 0 Å². The normalized spacial score (nSPS) is 10.5. The van der Waals surface area contributed by atoms with Crippen LogP contribution in [0.5, 0.6) is 0 Å². The fourth-order valence-electron chi connectivity index (χ4n) is 1.97. The minimum Gasteiger partial charge on any atom is -0.512 e. The van der Waals surface area contributed by atoms with E-state index < -0.39 is 0 Å². The van der Waals surface area contributed by atoms with Gasteiger partial charge in [-0.2, -0.15) is 0 Å². The van der Waals surface area contributed by atoms with Gasteiger partial charge < -0.3 is 5.11 Å². The first kappa shape index (κ1) is 18.6. The molecular formula is C17H16N2O2Tb. The number of nitrogens with zero attached hydrogens (tertiary/aromatic N) is 2. The fraction of sp³-hybridized carbons (Fsp3) is 0.118. The van der Waals surface area contributed by atoms with E-state index in [2.05, 4.69) is 34.2 Å². The quantitative estimate of drug-likeness (QED) is 0.356. The Hall–Kier alpha value is -1.46. The van der Waals surface area contributed by atoms with E-state index in [1.807, 2.05) is 12.1 Å². The van der Waals surface area contributed by atoms with E-state index in [0.29, 0.717) is 0 Å². The zero-order chi connectivity index (χ0) is 15.2. The van der Waals surface area contributed by atoms with Crippen LogP contribution in [0.2, 0.25) is 0 Å². The third kappa shape index (κ3) is 5.07. The summed E-state index contributed by atoms with van der Waals surface area (Å²) in [7, 11) is 0. The van der Waals surface area contributed by atoms with Gasteiger partial charge in [0, 0.05) is 67.9 Å². The molecule has 22 heavy (non-hydrogen) atoms. The summed E-state index contributed by atoms with van der Waals surface area (Å²) in [5.41, 5.74) is 1.95. The molecule has 0 saturated carbocycles. The smallest absolute Gasteiger partial charge is 0.155 e. The summed E-state index contributed by atoms with van der Waals surface area (Å²) in [4.78, 5) is 18.7. The summed E-state index contributed by atoms with van der Waals surface area (Å²) in [6.45, 7) is 2.85. The number of ketones is 1. The molecule has 0 atom stereocenters. The standard InChI is InChI=1S/C12H8N2.C5H8O2.Tb/c1-3-9-5-6-10-4-2-8-14-12(10)11(9)13-7-1;1-4(6)3-5(2)7;/h1-8H;3,6H,1-2H3;/b;4-3-;. The van der Waals surface area contributed by atoms with Crippen LogP contribution in [0.15, 0.2) is 60.6 Å². The Labute approximate surface area is 159 Å². The van der Waals surface area contributed by atoms with Crippen LogP contribution in [0.3, 0.4) is 0 Å². The molecule has 0 aliphatic rings. The van der Waals surface area contributed by atoms with Crippen LogP contribution < -0.4 is 0 Å². The molecule has 0 saturated heterocycles. The average molecular weight is 439 g/mol. The van der Waals surface area contributed by atoms with Gasteiger partial charge in [-0.25, -0.2) is 0 Å². The zero-order valence-electron chi connectivity index (χ0n) is 12.3. The summed E-state index contributed by atoms with van der Waals surface area (Å²) in [6.07, 6.45) is 4.77. The number of hydrogen-bond acceptors (Lipinski definition) is 4. The number of aromatic nitrogens is 2. The maximum absolute atomic E-state index is 10.0. The number of aliphatic hydroxyl groups excluding tert-OH is 1. The number of benzene rings is 1. The predicted molar refractivity (Wildman–Crippen MR) is 84.1 cm³/mol. The third-order valence-corrected chi connectivity index (χ3v) is 2.76. The number of hydrogen-bond donors (Lipinski definition) is 1. The van der Waals surface area contributed by atoms with Crippen molar-refractivity contribution in [2.75, 3.05) is 0 Å². The van der Waals surface area contributed by atoms with Crippen LogP contribution in [0, 0.1) is 38.6 Å². The molecule has 0 unspecified atom stereocenters. The molecule has 1 radical (unpaired) electrons. The Kier molecular flexibility index (Phi) is 7.48. The topological polar surface area (TPSA) is 63.1 Å². The minimum absolute atomic E-state index is 0. The van der Waals surface area contributed by atoms with Gasteiger partial charge >= 0.3 is 0 Å². The molecule has 4 nitrogen and oxygen atoms in total. The number of aliphatic hydroxyl groups is 1. The largest absolute Gasteiger partial charge is 0.512 e. The number of carbonyl (C=O) groups excluding carboxylic acids is 1. The maximum Gasteiger partial charge on any atom is 0.155 e. The van der Waals surface area contributed by atoms with Crippen LogP contribution in [0.1, 0.15) is 13.8 Å². The van der Waals surface area contributed by atoms with Gasteiger partial charge in [0.1, 0.15) is 0 Å². The van der Waals surface area contributed by atoms with E-state index in [1.54, 1.807) is 12.4 Å². The van der Waals surface area contributed by atoms with Crippen molar-refractivity contribution in [3.63, 3.8) is 0 Å². The maximum atomic E-state index is 10.0. The zero-order valence-corrected chi connectivity index (χ0v) is 14.4. The van der Waals surface area contributed by atoms with Gasteiger partial charge in [0.05, 0.1) is 16.8 Å². The molecule has 2 aromatic heterocycles. The Morgan fingerprint density at radius 3 is 1.73 bits per heavy atom. The van der Waals surface area contributed by atoms with Gasteiger partial charge in [-0.05, 0) is 26.0 Å². The van der Waals surface area contributed by atoms with Crippen LogP contribution >= 0.6 is 0 Å². The molecule has 0 fully saturated rings. The van der Waals surface area contributed by atoms with Crippen LogP contribution in [0.25, 0.3) is 21.8 Å². The monoisotopic (exact) mass is 439 g/mol. The van der Waals surface area contributed by atoms with Crippen molar-refractivity contribution in [1.82, 2.24) is 9.97 Å². The molecule has 115 valence electrons. The van der Waals surface area contributed by atoms with Crippen molar-refractivity contribution < 1.29 is 48.5 Å². The molecule has 3 aromatic rings. The summed E-state index contributed by atoms with van der Waals surface area (Å²) in [5.74, 6) is -0.0625. The second kappa shape index (κ2) is 8.85. The Morgan fingerprint density at radius 2 is 1.41 bits per heavy atom. The third-order valence-electron chi connectivity index (χ3n) is 2.76. The molecule has 0 amide bonds. The van der Waals surface area contributed by atoms with Crippen LogP contribution in [0.4, 0.5) is 0 Å². The molecule has 0 bridgehead atoms. The molecular weight excluding hydrogens is 423 g/mol. The van der Waals surface area contributed by atoms with Gasteiger partial charge in [-0.3, -0.25) is 14.8 Å². The Bertz CT molecular complexity index is 757. The van der Waals surface area contributed by atoms with Crippen molar-refractivity contribution in [1.29, 1.82) is 0 Å². The molecule has 1 aromatic carbocycles. The predicted octanol–water partition coefficient (Wildman–Crippen LogP) is 3.82. The van der Waals surface area contributed by atoms with Crippen molar-refractivity contribution >= 4 is 27.6 Å². The Balaban J connectivity index is 0.000000264. The number of fused-ring (bicyclic) bond motifs is 3. The van der Waals surface area contributed by atoms with E-state index in [4.69, 9.17) is 5.11 Å². The number of pyridine rings is 2. The van der Waals surface area contributed by atoms with E-state index in [-0.39, 0.29) is 50.2 Å². The van der Waals surface area contributed by atoms with Crippen molar-refractivity contribution in [3.8, 4) is 0 Å². The number of carbonyl (C=O) groups is 1. The van der Waals surface area contributed by atoms with E-state index in [1.165, 1.54) is 19.9 Å². The van der Waals surface area contributed by atoms with Gasteiger partial charge in [0.2, 0.25) is 0 Å². The van der Waals surface area contributed by atoms with Crippen molar-refractivity contribution in [3.05, 3.63) is 60.6 Å². The first-order chi connectivity index (χ1) is 10.1. The van der Waals surface area contributed by atoms with Gasteiger partial charge in [-0.15, -0.1) is 0 Å². The molecule has 5 heteroatoms. The van der Waals surface area contributed by atoms with E-state index >= 15 is 0 Å². The molecule has 1 N–H and O–H groups in total. The molecule has 0 aliphatic carbocycles. The number of allylic oxidation sites excluding steroid dienone is 2. The average Bonchev–Trinajstić information content (AvgIpc) is 2.46. The van der Waals surface area contributed by atoms with E-state index in [9.17, 15) is 4.79 Å². The Morgan fingerprint density at radius 1 is 0.955 bits per heavy atom. The summed E-state index contributed by atoms with van der Waals surface area (Å²) < 4.78 is 0. The summed E-state index contributed by atoms with van der Waals surface area (Å²) in [5, 5.41) is 10.6. The first-order valence-corrected chi connectivity index (χ1v) is 6.54. The first-order valence-electron chi connectivity index (χ1n) is 6.54. The van der Waals surface area contributed by atoms with Gasteiger partial charge in [0.15, 0.2) is 5.78 Å². The van der Waals surface area contributed by atoms with Crippen LogP contribution in [-0.2, 0) is 4.79 Å². The summed E-state index contributed by atoms with van der Waals surface area (Å²) >= 11 is 0. The SMILES string of the molecule is CC(=O)/C=C(/C)O.[Tb].c1cnc2c(c1)ccc1cccnc12. The van der Waals surface area contributed by atoms with Gasteiger partial charge in [-0.1, -0.05) is 24.3 Å². The van der Waals surface area contributed by atoms with Crippen molar-refractivity contribution in [2.45, 2.75) is 13.8 Å². The molecule has 3 rings (SSSR count). The summed E-state index contributed by atoms with van der Waals surface area (Å²) in [6, 6.07) is 12.1.